The van der Waals surface area contributed by atoms with E-state index in [2.05, 4.69) is 5.32 Å². The number of ether oxygens (including phenoxy) is 1. The third-order valence-electron chi connectivity index (χ3n) is 6.31. The Kier molecular flexibility index (Phi) is 10.1. The molecule has 0 bridgehead atoms. The lowest BCUT2D eigenvalue weighted by molar-refractivity contribution is -0.139. The zero-order valence-corrected chi connectivity index (χ0v) is 24.0. The van der Waals surface area contributed by atoms with Gasteiger partial charge < -0.3 is 15.0 Å². The number of sulfonamides is 1. The fourth-order valence-electron chi connectivity index (χ4n) is 4.09. The molecule has 1 atom stereocenters. The van der Waals surface area contributed by atoms with E-state index in [1.54, 1.807) is 57.2 Å². The van der Waals surface area contributed by atoms with Crippen molar-refractivity contribution in [2.75, 3.05) is 24.0 Å². The standard InChI is InChI=1S/C30H37N3O5S/c1-6-31-30(35)24(5)32(20-25-16-12-22(3)13-17-25)29(34)21-33(27-10-8-9-11-28(27)38-7-2)39(36,37)26-18-14-23(4)15-19-26/h8-19,24H,6-7,20-21H2,1-5H3,(H,31,35). The third-order valence-corrected chi connectivity index (χ3v) is 8.09. The van der Waals surface area contributed by atoms with Gasteiger partial charge in [-0.3, -0.25) is 13.9 Å². The lowest BCUT2D eigenvalue weighted by atomic mass is 10.1. The molecular formula is C30H37N3O5S. The van der Waals surface area contributed by atoms with Crippen LogP contribution in [0.25, 0.3) is 0 Å². The summed E-state index contributed by atoms with van der Waals surface area (Å²) in [7, 11) is -4.17. The second-order valence-corrected chi connectivity index (χ2v) is 11.2. The molecule has 208 valence electrons. The van der Waals surface area contributed by atoms with Gasteiger partial charge in [0.1, 0.15) is 18.3 Å². The minimum atomic E-state index is -4.17. The molecule has 0 aliphatic carbocycles. The predicted octanol–water partition coefficient (Wildman–Crippen LogP) is 4.45. The van der Waals surface area contributed by atoms with Gasteiger partial charge in [-0.05, 0) is 64.4 Å². The van der Waals surface area contributed by atoms with E-state index in [9.17, 15) is 18.0 Å². The van der Waals surface area contributed by atoms with E-state index in [4.69, 9.17) is 4.74 Å². The van der Waals surface area contributed by atoms with Crippen LogP contribution in [0.5, 0.6) is 5.75 Å². The fraction of sp³-hybridized carbons (Fsp3) is 0.333. The van der Waals surface area contributed by atoms with Crippen molar-refractivity contribution in [1.82, 2.24) is 10.2 Å². The van der Waals surface area contributed by atoms with Crippen molar-refractivity contribution in [2.24, 2.45) is 0 Å². The van der Waals surface area contributed by atoms with Crippen LogP contribution in [0.15, 0.2) is 77.7 Å². The van der Waals surface area contributed by atoms with Gasteiger partial charge in [-0.25, -0.2) is 8.42 Å². The molecule has 2 amide bonds. The smallest absolute Gasteiger partial charge is 0.264 e. The Bertz CT molecular complexity index is 1370. The predicted molar refractivity (Wildman–Crippen MR) is 153 cm³/mol. The van der Waals surface area contributed by atoms with E-state index in [0.717, 1.165) is 21.0 Å². The minimum absolute atomic E-state index is 0.0501. The summed E-state index contributed by atoms with van der Waals surface area (Å²) in [6, 6.07) is 20.0. The Hall–Kier alpha value is -3.85. The number of rotatable bonds is 12. The lowest BCUT2D eigenvalue weighted by Gasteiger charge is -2.32. The van der Waals surface area contributed by atoms with Crippen LogP contribution in [-0.4, -0.2) is 50.9 Å². The molecule has 0 aliphatic rings. The first-order valence-corrected chi connectivity index (χ1v) is 14.5. The van der Waals surface area contributed by atoms with Gasteiger partial charge in [-0.1, -0.05) is 59.7 Å². The summed E-state index contributed by atoms with van der Waals surface area (Å²) in [5, 5.41) is 2.76. The largest absolute Gasteiger partial charge is 0.492 e. The summed E-state index contributed by atoms with van der Waals surface area (Å²) in [4.78, 5) is 28.2. The van der Waals surface area contributed by atoms with Crippen LogP contribution in [0, 0.1) is 13.8 Å². The first-order valence-electron chi connectivity index (χ1n) is 13.0. The van der Waals surface area contributed by atoms with Crippen molar-refractivity contribution in [3.63, 3.8) is 0 Å². The number of nitrogens with one attached hydrogen (secondary N) is 1. The molecule has 9 heteroatoms. The van der Waals surface area contributed by atoms with Gasteiger partial charge in [0.05, 0.1) is 17.2 Å². The van der Waals surface area contributed by atoms with Crippen LogP contribution < -0.4 is 14.4 Å². The molecule has 0 saturated carbocycles. The van der Waals surface area contributed by atoms with Crippen LogP contribution in [0.4, 0.5) is 5.69 Å². The van der Waals surface area contributed by atoms with Crippen LogP contribution in [0.2, 0.25) is 0 Å². The molecule has 0 saturated heterocycles. The molecule has 0 fully saturated rings. The monoisotopic (exact) mass is 551 g/mol. The van der Waals surface area contributed by atoms with E-state index in [-0.39, 0.29) is 23.0 Å². The number of amides is 2. The van der Waals surface area contributed by atoms with Gasteiger partial charge >= 0.3 is 0 Å². The molecule has 0 heterocycles. The first kappa shape index (κ1) is 29.7. The van der Waals surface area contributed by atoms with Crippen molar-refractivity contribution in [1.29, 1.82) is 0 Å². The van der Waals surface area contributed by atoms with E-state index in [1.807, 2.05) is 38.1 Å². The zero-order valence-electron chi connectivity index (χ0n) is 23.2. The van der Waals surface area contributed by atoms with Crippen LogP contribution in [0.3, 0.4) is 0 Å². The average Bonchev–Trinajstić information content (AvgIpc) is 2.92. The van der Waals surface area contributed by atoms with E-state index in [1.165, 1.54) is 17.0 Å². The molecule has 1 N–H and O–H groups in total. The maximum Gasteiger partial charge on any atom is 0.264 e. The maximum absolute atomic E-state index is 14.0. The summed E-state index contributed by atoms with van der Waals surface area (Å²) in [5.41, 5.74) is 3.05. The molecule has 0 aliphatic heterocycles. The summed E-state index contributed by atoms with van der Waals surface area (Å²) < 4.78 is 34.8. The number of nitrogens with zero attached hydrogens (tertiary/aromatic N) is 2. The highest BCUT2D eigenvalue weighted by molar-refractivity contribution is 7.92. The quantitative estimate of drug-likeness (QED) is 0.359. The van der Waals surface area contributed by atoms with Crippen molar-refractivity contribution in [3.8, 4) is 5.75 Å². The van der Waals surface area contributed by atoms with E-state index in [0.29, 0.717) is 18.9 Å². The normalized spacial score (nSPS) is 11.9. The number of likely N-dealkylation sites (N-methyl/N-ethyl adjacent to an activating group) is 1. The van der Waals surface area contributed by atoms with Crippen molar-refractivity contribution in [3.05, 3.63) is 89.5 Å². The number of benzene rings is 3. The highest BCUT2D eigenvalue weighted by Gasteiger charge is 2.33. The molecule has 3 aromatic carbocycles. The van der Waals surface area contributed by atoms with Crippen molar-refractivity contribution in [2.45, 2.75) is 52.1 Å². The molecule has 1 unspecified atom stereocenters. The summed E-state index contributed by atoms with van der Waals surface area (Å²) in [6.45, 7) is 9.43. The summed E-state index contributed by atoms with van der Waals surface area (Å²) >= 11 is 0. The van der Waals surface area contributed by atoms with Crippen LogP contribution in [-0.2, 0) is 26.2 Å². The highest BCUT2D eigenvalue weighted by Crippen LogP contribution is 2.33. The molecule has 3 aromatic rings. The molecule has 8 nitrogen and oxygen atoms in total. The highest BCUT2D eigenvalue weighted by atomic mass is 32.2. The van der Waals surface area contributed by atoms with Crippen LogP contribution >= 0.6 is 0 Å². The Morgan fingerprint density at radius 2 is 1.49 bits per heavy atom. The second-order valence-electron chi connectivity index (χ2n) is 9.30. The number of aryl methyl sites for hydroxylation is 2. The van der Waals surface area contributed by atoms with Crippen LogP contribution in [0.1, 0.15) is 37.5 Å². The minimum Gasteiger partial charge on any atom is -0.492 e. The Balaban J connectivity index is 2.07. The fourth-order valence-corrected chi connectivity index (χ4v) is 5.51. The van der Waals surface area contributed by atoms with Gasteiger partial charge in [-0.2, -0.15) is 0 Å². The van der Waals surface area contributed by atoms with Gasteiger partial charge in [0, 0.05) is 13.1 Å². The second kappa shape index (κ2) is 13.3. The van der Waals surface area contributed by atoms with Crippen molar-refractivity contribution >= 4 is 27.5 Å². The number of carbonyl (C=O) groups is 2. The van der Waals surface area contributed by atoms with Crippen molar-refractivity contribution < 1.29 is 22.7 Å². The number of carbonyl (C=O) groups excluding carboxylic acids is 2. The first-order chi connectivity index (χ1) is 18.6. The number of hydrogen-bond acceptors (Lipinski definition) is 5. The Labute approximate surface area is 231 Å². The maximum atomic E-state index is 14.0. The molecule has 0 aromatic heterocycles. The molecule has 0 radical (unpaired) electrons. The van der Waals surface area contributed by atoms with Gasteiger partial charge in [0.25, 0.3) is 10.0 Å². The average molecular weight is 552 g/mol. The topological polar surface area (TPSA) is 96.0 Å². The van der Waals surface area contributed by atoms with E-state index < -0.39 is 28.5 Å². The molecule has 0 spiro atoms. The molecule has 3 rings (SSSR count). The number of anilines is 1. The van der Waals surface area contributed by atoms with Gasteiger partial charge in [0.15, 0.2) is 0 Å². The molecule has 39 heavy (non-hydrogen) atoms. The summed E-state index contributed by atoms with van der Waals surface area (Å²) in [6.07, 6.45) is 0. The Morgan fingerprint density at radius 3 is 2.08 bits per heavy atom. The van der Waals surface area contributed by atoms with E-state index >= 15 is 0 Å². The number of hydrogen-bond donors (Lipinski definition) is 1. The summed E-state index contributed by atoms with van der Waals surface area (Å²) in [5.74, 6) is -0.498. The van der Waals surface area contributed by atoms with Gasteiger partial charge in [-0.15, -0.1) is 0 Å². The van der Waals surface area contributed by atoms with Gasteiger partial charge in [0.2, 0.25) is 11.8 Å². The number of para-hydroxylation sites is 2. The zero-order chi connectivity index (χ0) is 28.6. The SMILES string of the molecule is CCNC(=O)C(C)N(Cc1ccc(C)cc1)C(=O)CN(c1ccccc1OCC)S(=O)(=O)c1ccc(C)cc1. The third kappa shape index (κ3) is 7.38. The lowest BCUT2D eigenvalue weighted by Crippen LogP contribution is -2.51. The molecular weight excluding hydrogens is 514 g/mol. The Morgan fingerprint density at radius 1 is 0.897 bits per heavy atom.